The minimum atomic E-state index is -0.301. The summed E-state index contributed by atoms with van der Waals surface area (Å²) < 4.78 is 13.2. The van der Waals surface area contributed by atoms with Crippen LogP contribution in [0.1, 0.15) is 12.5 Å². The molecule has 0 aliphatic heterocycles. The van der Waals surface area contributed by atoms with Gasteiger partial charge >= 0.3 is 0 Å². The van der Waals surface area contributed by atoms with E-state index in [2.05, 4.69) is 5.32 Å². The number of nitrogens with one attached hydrogen (secondary N) is 1. The smallest absolute Gasteiger partial charge is 0.237 e. The van der Waals surface area contributed by atoms with Crippen LogP contribution >= 0.6 is 11.8 Å². The Labute approximate surface area is 93.3 Å². The molecule has 1 aromatic rings. The third kappa shape index (κ3) is 3.23. The van der Waals surface area contributed by atoms with Crippen molar-refractivity contribution in [3.8, 4) is 0 Å². The van der Waals surface area contributed by atoms with Gasteiger partial charge in [-0.25, -0.2) is 4.39 Å². The molecule has 15 heavy (non-hydrogen) atoms. The van der Waals surface area contributed by atoms with Crippen LogP contribution in [-0.4, -0.2) is 17.4 Å². The number of thioether (sulfide) groups is 1. The van der Waals surface area contributed by atoms with E-state index in [1.165, 1.54) is 17.8 Å². The first kappa shape index (κ1) is 12.0. The van der Waals surface area contributed by atoms with Gasteiger partial charge in [0.15, 0.2) is 0 Å². The van der Waals surface area contributed by atoms with Crippen LogP contribution in [0.3, 0.4) is 0 Å². The standard InChI is InChI=1S/C11H14FNOS/c1-7-4-5-9(6-10(7)12)13-11(14)8(2)15-3/h4-6,8H,1-3H3,(H,13,14)/t8-/m1/s1. The van der Waals surface area contributed by atoms with E-state index in [1.54, 1.807) is 19.1 Å². The summed E-state index contributed by atoms with van der Waals surface area (Å²) >= 11 is 1.45. The molecule has 0 fully saturated rings. The lowest BCUT2D eigenvalue weighted by atomic mass is 10.2. The number of aryl methyl sites for hydroxylation is 1. The van der Waals surface area contributed by atoms with E-state index in [0.717, 1.165) is 0 Å². The summed E-state index contributed by atoms with van der Waals surface area (Å²) in [4.78, 5) is 11.5. The summed E-state index contributed by atoms with van der Waals surface area (Å²) in [6.07, 6.45) is 1.86. The molecule has 1 amide bonds. The molecule has 0 saturated heterocycles. The van der Waals surface area contributed by atoms with Crippen LogP contribution in [0.15, 0.2) is 18.2 Å². The SMILES string of the molecule is CS[C@H](C)C(=O)Nc1ccc(C)c(F)c1. The highest BCUT2D eigenvalue weighted by molar-refractivity contribution is 7.99. The molecular formula is C11H14FNOS. The second-order valence-corrected chi connectivity index (χ2v) is 4.51. The summed E-state index contributed by atoms with van der Waals surface area (Å²) in [7, 11) is 0. The van der Waals surface area contributed by atoms with Crippen LogP contribution in [0.4, 0.5) is 10.1 Å². The number of anilines is 1. The number of rotatable bonds is 3. The molecule has 1 N–H and O–H groups in total. The second-order valence-electron chi connectivity index (χ2n) is 3.33. The maximum atomic E-state index is 13.2. The minimum absolute atomic E-state index is 0.106. The van der Waals surface area contributed by atoms with Gasteiger partial charge in [-0.05, 0) is 37.8 Å². The molecule has 0 saturated carbocycles. The van der Waals surface area contributed by atoms with Gasteiger partial charge < -0.3 is 5.32 Å². The van der Waals surface area contributed by atoms with Gasteiger partial charge in [0.2, 0.25) is 5.91 Å². The Morgan fingerprint density at radius 3 is 2.73 bits per heavy atom. The third-order valence-corrected chi connectivity index (χ3v) is 3.08. The number of carbonyl (C=O) groups excluding carboxylic acids is 1. The van der Waals surface area contributed by atoms with Crippen LogP contribution in [0.2, 0.25) is 0 Å². The Bertz CT molecular complexity index is 368. The van der Waals surface area contributed by atoms with E-state index in [-0.39, 0.29) is 17.0 Å². The lowest BCUT2D eigenvalue weighted by Gasteiger charge is -2.10. The number of amides is 1. The zero-order valence-electron chi connectivity index (χ0n) is 9.00. The monoisotopic (exact) mass is 227 g/mol. The molecule has 0 unspecified atom stereocenters. The lowest BCUT2D eigenvalue weighted by molar-refractivity contribution is -0.115. The van der Waals surface area contributed by atoms with Crippen molar-refractivity contribution in [1.82, 2.24) is 0 Å². The van der Waals surface area contributed by atoms with Gasteiger partial charge in [-0.1, -0.05) is 6.07 Å². The molecule has 0 spiro atoms. The van der Waals surface area contributed by atoms with Crippen molar-refractivity contribution in [2.45, 2.75) is 19.1 Å². The maximum absolute atomic E-state index is 13.2. The average Bonchev–Trinajstić information content (AvgIpc) is 2.22. The summed E-state index contributed by atoms with van der Waals surface area (Å²) in [6, 6.07) is 4.68. The van der Waals surface area contributed by atoms with Gasteiger partial charge in [-0.3, -0.25) is 4.79 Å². The molecule has 0 bridgehead atoms. The van der Waals surface area contributed by atoms with Crippen molar-refractivity contribution in [2.24, 2.45) is 0 Å². The van der Waals surface area contributed by atoms with E-state index in [4.69, 9.17) is 0 Å². The highest BCUT2D eigenvalue weighted by Crippen LogP contribution is 2.15. The number of carbonyl (C=O) groups is 1. The zero-order valence-corrected chi connectivity index (χ0v) is 9.82. The Balaban J connectivity index is 2.73. The molecule has 4 heteroatoms. The Hall–Kier alpha value is -1.03. The van der Waals surface area contributed by atoms with E-state index < -0.39 is 0 Å². The van der Waals surface area contributed by atoms with Crippen molar-refractivity contribution in [2.75, 3.05) is 11.6 Å². The first-order chi connectivity index (χ1) is 7.04. The third-order valence-electron chi connectivity index (χ3n) is 2.16. The molecule has 1 aromatic carbocycles. The van der Waals surface area contributed by atoms with Crippen molar-refractivity contribution in [1.29, 1.82) is 0 Å². The van der Waals surface area contributed by atoms with Gasteiger partial charge in [0.25, 0.3) is 0 Å². The fourth-order valence-electron chi connectivity index (χ4n) is 1.02. The van der Waals surface area contributed by atoms with E-state index in [1.807, 2.05) is 13.2 Å². The van der Waals surface area contributed by atoms with Crippen molar-refractivity contribution < 1.29 is 9.18 Å². The normalized spacial score (nSPS) is 12.3. The van der Waals surface area contributed by atoms with E-state index in [0.29, 0.717) is 11.3 Å². The first-order valence-electron chi connectivity index (χ1n) is 4.64. The van der Waals surface area contributed by atoms with Crippen molar-refractivity contribution >= 4 is 23.4 Å². The van der Waals surface area contributed by atoms with Crippen molar-refractivity contribution in [3.05, 3.63) is 29.6 Å². The maximum Gasteiger partial charge on any atom is 0.237 e. The first-order valence-corrected chi connectivity index (χ1v) is 5.93. The van der Waals surface area contributed by atoms with Gasteiger partial charge in [-0.15, -0.1) is 0 Å². The Morgan fingerprint density at radius 2 is 2.20 bits per heavy atom. The number of hydrogen-bond acceptors (Lipinski definition) is 2. The molecular weight excluding hydrogens is 213 g/mol. The van der Waals surface area contributed by atoms with Crippen LogP contribution in [0.5, 0.6) is 0 Å². The van der Waals surface area contributed by atoms with Gasteiger partial charge in [0.1, 0.15) is 5.82 Å². The fraction of sp³-hybridized carbons (Fsp3) is 0.364. The molecule has 0 aliphatic rings. The molecule has 1 rings (SSSR count). The van der Waals surface area contributed by atoms with E-state index in [9.17, 15) is 9.18 Å². The summed E-state index contributed by atoms with van der Waals surface area (Å²) in [6.45, 7) is 3.50. The van der Waals surface area contributed by atoms with Crippen molar-refractivity contribution in [3.63, 3.8) is 0 Å². The largest absolute Gasteiger partial charge is 0.325 e. The minimum Gasteiger partial charge on any atom is -0.325 e. The second kappa shape index (κ2) is 5.16. The molecule has 82 valence electrons. The predicted octanol–water partition coefficient (Wildman–Crippen LogP) is 2.82. The highest BCUT2D eigenvalue weighted by atomic mass is 32.2. The number of hydrogen-bond donors (Lipinski definition) is 1. The highest BCUT2D eigenvalue weighted by Gasteiger charge is 2.11. The topological polar surface area (TPSA) is 29.1 Å². The predicted molar refractivity (Wildman–Crippen MR) is 62.7 cm³/mol. The van der Waals surface area contributed by atoms with Gasteiger partial charge in [0.05, 0.1) is 5.25 Å². The molecule has 0 radical (unpaired) electrons. The summed E-state index contributed by atoms with van der Waals surface area (Å²) in [5.74, 6) is -0.407. The molecule has 0 heterocycles. The Kier molecular flexibility index (Phi) is 4.15. The lowest BCUT2D eigenvalue weighted by Crippen LogP contribution is -2.22. The van der Waals surface area contributed by atoms with Crippen LogP contribution in [0, 0.1) is 12.7 Å². The molecule has 1 atom stereocenters. The number of halogens is 1. The average molecular weight is 227 g/mol. The van der Waals surface area contributed by atoms with Gasteiger partial charge in [-0.2, -0.15) is 11.8 Å². The van der Waals surface area contributed by atoms with Crippen LogP contribution in [0.25, 0.3) is 0 Å². The van der Waals surface area contributed by atoms with Crippen LogP contribution in [-0.2, 0) is 4.79 Å². The zero-order chi connectivity index (χ0) is 11.4. The molecule has 0 aromatic heterocycles. The van der Waals surface area contributed by atoms with Crippen LogP contribution < -0.4 is 5.32 Å². The molecule has 2 nitrogen and oxygen atoms in total. The fourth-order valence-corrected chi connectivity index (χ4v) is 1.29. The molecule has 0 aliphatic carbocycles. The summed E-state index contributed by atoms with van der Waals surface area (Å²) in [5, 5.41) is 2.53. The van der Waals surface area contributed by atoms with E-state index >= 15 is 0 Å². The summed E-state index contributed by atoms with van der Waals surface area (Å²) in [5.41, 5.74) is 1.08. The van der Waals surface area contributed by atoms with Gasteiger partial charge in [0, 0.05) is 5.69 Å². The quantitative estimate of drug-likeness (QED) is 0.860. The number of benzene rings is 1. The Morgan fingerprint density at radius 1 is 1.53 bits per heavy atom.